The average Bonchev–Trinajstić information content (AvgIpc) is 3.14. The third-order valence-corrected chi connectivity index (χ3v) is 2.52. The second-order valence-corrected chi connectivity index (χ2v) is 3.83. The Morgan fingerprint density at radius 2 is 1.26 bits per heavy atom. The molecule has 3 aromatic carbocycles. The van der Waals surface area contributed by atoms with Gasteiger partial charge in [0.15, 0.2) is 0 Å². The molecule has 1 nitrogen and oxygen atoms in total. The Hall–Kier alpha value is -1.89. The quantitative estimate of drug-likeness (QED) is 0.395. The molecule has 0 spiro atoms. The van der Waals surface area contributed by atoms with Crippen LogP contribution in [0.1, 0.15) is 15.9 Å². The SMILES string of the molecule is O=C(c1ccccc1)[c-]1cccc1.[Fe].[cH-]1[cH-][cH-][cH-][cH-]1. The summed E-state index contributed by atoms with van der Waals surface area (Å²) in [7, 11) is 0. The predicted molar refractivity (Wildman–Crippen MR) is 73.9 cm³/mol. The van der Waals surface area contributed by atoms with E-state index < -0.39 is 0 Å². The number of hydrogen-bond acceptors (Lipinski definition) is 1. The second kappa shape index (κ2) is 8.25. The van der Waals surface area contributed by atoms with E-state index in [1.807, 2.05) is 84.9 Å². The summed E-state index contributed by atoms with van der Waals surface area (Å²) in [5, 5.41) is 0. The second-order valence-electron chi connectivity index (χ2n) is 3.83. The third kappa shape index (κ3) is 4.70. The van der Waals surface area contributed by atoms with Gasteiger partial charge in [0.25, 0.3) is 0 Å². The van der Waals surface area contributed by atoms with Crippen molar-refractivity contribution in [2.75, 3.05) is 0 Å². The number of carbonyl (C=O) groups is 1. The monoisotopic (exact) mass is 290 g/mol. The molecular formula is C17H14FeO-6. The van der Waals surface area contributed by atoms with E-state index >= 15 is 0 Å². The van der Waals surface area contributed by atoms with E-state index in [0.29, 0.717) is 0 Å². The number of ketones is 1. The van der Waals surface area contributed by atoms with E-state index in [4.69, 9.17) is 0 Å². The van der Waals surface area contributed by atoms with Gasteiger partial charge in [0.2, 0.25) is 0 Å². The van der Waals surface area contributed by atoms with E-state index in [0.717, 1.165) is 11.1 Å². The summed E-state index contributed by atoms with van der Waals surface area (Å²) >= 11 is 0. The van der Waals surface area contributed by atoms with E-state index in [1.54, 1.807) is 0 Å². The van der Waals surface area contributed by atoms with Crippen LogP contribution in [-0.2, 0) is 17.1 Å². The molecule has 0 amide bonds. The molecule has 3 rings (SSSR count). The summed E-state index contributed by atoms with van der Waals surface area (Å²) in [4.78, 5) is 11.7. The van der Waals surface area contributed by atoms with E-state index in [-0.39, 0.29) is 22.9 Å². The Balaban J connectivity index is 0.000000256. The van der Waals surface area contributed by atoms with Crippen LogP contribution in [0.2, 0.25) is 0 Å². The van der Waals surface area contributed by atoms with Crippen LogP contribution in [0.4, 0.5) is 0 Å². The maximum absolute atomic E-state index is 11.7. The molecular weight excluding hydrogens is 276 g/mol. The van der Waals surface area contributed by atoms with Gasteiger partial charge in [-0.3, -0.25) is 0 Å². The van der Waals surface area contributed by atoms with Gasteiger partial charge in [0, 0.05) is 17.1 Å². The van der Waals surface area contributed by atoms with Crippen LogP contribution in [0.15, 0.2) is 84.9 Å². The number of benzene rings is 1. The van der Waals surface area contributed by atoms with Crippen molar-refractivity contribution in [3.05, 3.63) is 96.1 Å². The molecule has 2 heteroatoms. The van der Waals surface area contributed by atoms with Crippen LogP contribution in [0.3, 0.4) is 0 Å². The summed E-state index contributed by atoms with van der Waals surface area (Å²) in [5.41, 5.74) is 1.50. The van der Waals surface area contributed by atoms with Gasteiger partial charge < -0.3 is 35.1 Å². The number of hydrogen-bond donors (Lipinski definition) is 0. The van der Waals surface area contributed by atoms with E-state index in [1.165, 1.54) is 0 Å². The molecule has 0 heterocycles. The Labute approximate surface area is 124 Å². The van der Waals surface area contributed by atoms with Crippen LogP contribution in [-0.4, -0.2) is 5.78 Å². The largest absolute Gasteiger partial charge is 0.748 e. The normalized spacial score (nSPS) is 8.84. The van der Waals surface area contributed by atoms with Crippen molar-refractivity contribution in [1.29, 1.82) is 0 Å². The third-order valence-electron chi connectivity index (χ3n) is 2.52. The molecule has 0 N–H and O–H groups in total. The minimum atomic E-state index is 0. The van der Waals surface area contributed by atoms with Gasteiger partial charge >= 0.3 is 0 Å². The minimum Gasteiger partial charge on any atom is -0.748 e. The van der Waals surface area contributed by atoms with E-state index in [9.17, 15) is 4.79 Å². The zero-order chi connectivity index (χ0) is 12.6. The first-order valence-electron chi connectivity index (χ1n) is 5.86. The van der Waals surface area contributed by atoms with Crippen LogP contribution >= 0.6 is 0 Å². The Morgan fingerprint density at radius 1 is 0.789 bits per heavy atom. The maximum atomic E-state index is 11.7. The van der Waals surface area contributed by atoms with Crippen molar-refractivity contribution in [2.45, 2.75) is 0 Å². The molecule has 0 radical (unpaired) electrons. The first-order valence-corrected chi connectivity index (χ1v) is 5.86. The van der Waals surface area contributed by atoms with Crippen LogP contribution in [0, 0.1) is 0 Å². The van der Waals surface area contributed by atoms with Gasteiger partial charge in [0.1, 0.15) is 5.78 Å². The van der Waals surface area contributed by atoms with Crippen LogP contribution < -0.4 is 0 Å². The predicted octanol–water partition coefficient (Wildman–Crippen LogP) is 4.04. The van der Waals surface area contributed by atoms with Gasteiger partial charge in [-0.05, 0) is 0 Å². The zero-order valence-electron chi connectivity index (χ0n) is 10.3. The molecule has 0 aromatic heterocycles. The van der Waals surface area contributed by atoms with Gasteiger partial charge in [0.05, 0.1) is 0 Å². The van der Waals surface area contributed by atoms with Gasteiger partial charge in [-0.25, -0.2) is 0 Å². The zero-order valence-corrected chi connectivity index (χ0v) is 11.4. The maximum Gasteiger partial charge on any atom is 0.112 e. The standard InChI is InChI=1S/C12H9O.C5H5.Fe/c13-12(11-8-4-5-9-11)10-6-2-1-3-7-10;1-2-4-5-3-1;/h1-9H;1-5H;/q-1;-5;. The summed E-state index contributed by atoms with van der Waals surface area (Å²) in [5.74, 6) is 0.0885. The van der Waals surface area contributed by atoms with Gasteiger partial charge in [-0.15, -0.1) is 12.1 Å². The molecule has 0 atom stereocenters. The molecule has 0 bridgehead atoms. The summed E-state index contributed by atoms with van der Waals surface area (Å²) in [6.07, 6.45) is 0. The molecule has 0 aliphatic carbocycles. The van der Waals surface area contributed by atoms with E-state index in [2.05, 4.69) is 0 Å². The molecule has 0 saturated heterocycles. The molecule has 102 valence electrons. The number of carbonyl (C=O) groups excluding carboxylic acids is 1. The van der Waals surface area contributed by atoms with Crippen molar-refractivity contribution in [1.82, 2.24) is 0 Å². The molecule has 3 aromatic rings. The van der Waals surface area contributed by atoms with Crippen LogP contribution in [0.25, 0.3) is 0 Å². The topological polar surface area (TPSA) is 17.1 Å². The molecule has 0 saturated carbocycles. The minimum absolute atomic E-state index is 0. The van der Waals surface area contributed by atoms with Crippen molar-refractivity contribution in [3.63, 3.8) is 0 Å². The smallest absolute Gasteiger partial charge is 0.112 e. The summed E-state index contributed by atoms with van der Waals surface area (Å²) < 4.78 is 0. The van der Waals surface area contributed by atoms with Crippen LogP contribution in [0.5, 0.6) is 0 Å². The fraction of sp³-hybridized carbons (Fsp3) is 0. The van der Waals surface area contributed by atoms with Gasteiger partial charge in [-0.2, -0.15) is 12.1 Å². The van der Waals surface area contributed by atoms with Crippen molar-refractivity contribution >= 4 is 5.78 Å². The molecule has 0 aliphatic heterocycles. The first kappa shape index (κ1) is 15.2. The van der Waals surface area contributed by atoms with Crippen molar-refractivity contribution in [3.8, 4) is 0 Å². The van der Waals surface area contributed by atoms with Crippen molar-refractivity contribution < 1.29 is 21.9 Å². The Bertz CT molecular complexity index is 533. The molecule has 0 aliphatic rings. The number of rotatable bonds is 2. The van der Waals surface area contributed by atoms with Crippen molar-refractivity contribution in [2.24, 2.45) is 0 Å². The summed E-state index contributed by atoms with van der Waals surface area (Å²) in [6, 6.07) is 26.7. The fourth-order valence-corrected chi connectivity index (χ4v) is 1.60. The molecule has 19 heavy (non-hydrogen) atoms. The summed E-state index contributed by atoms with van der Waals surface area (Å²) in [6.45, 7) is 0. The molecule has 0 fully saturated rings. The Kier molecular flexibility index (Phi) is 6.59. The first-order chi connectivity index (χ1) is 8.88. The average molecular weight is 290 g/mol. The Morgan fingerprint density at radius 3 is 1.74 bits per heavy atom. The molecule has 0 unspecified atom stereocenters. The fourth-order valence-electron chi connectivity index (χ4n) is 1.60. The van der Waals surface area contributed by atoms with Gasteiger partial charge in [-0.1, -0.05) is 41.5 Å².